The number of rotatable bonds is 6. The topological polar surface area (TPSA) is 86.2 Å². The van der Waals surface area contributed by atoms with Gasteiger partial charge in [-0.05, 0) is 37.6 Å². The summed E-state index contributed by atoms with van der Waals surface area (Å²) in [6, 6.07) is 4.97. The molecule has 178 valence electrons. The van der Waals surface area contributed by atoms with Gasteiger partial charge in [0.05, 0.1) is 23.6 Å². The Morgan fingerprint density at radius 1 is 1.21 bits per heavy atom. The highest BCUT2D eigenvalue weighted by molar-refractivity contribution is 6.06. The van der Waals surface area contributed by atoms with Crippen LogP contribution in [0.1, 0.15) is 41.9 Å². The molecule has 7 nitrogen and oxygen atoms in total. The highest BCUT2D eigenvalue weighted by Gasteiger charge is 2.38. The molecule has 4 heterocycles. The maximum Gasteiger partial charge on any atom is 0.271 e. The smallest absolute Gasteiger partial charge is 0.271 e. The molecule has 1 aliphatic heterocycles. The fourth-order valence-corrected chi connectivity index (χ4v) is 3.55. The second kappa shape index (κ2) is 9.72. The molecule has 4 rings (SSSR count). The lowest BCUT2D eigenvalue weighted by Gasteiger charge is -2.30. The van der Waals surface area contributed by atoms with Crippen molar-refractivity contribution in [2.45, 2.75) is 31.8 Å². The van der Waals surface area contributed by atoms with Crippen LogP contribution in [0.5, 0.6) is 5.88 Å². The van der Waals surface area contributed by atoms with Gasteiger partial charge < -0.3 is 14.8 Å². The van der Waals surface area contributed by atoms with E-state index in [1.165, 1.54) is 30.6 Å². The van der Waals surface area contributed by atoms with E-state index >= 15 is 0 Å². The minimum atomic E-state index is -2.98. The summed E-state index contributed by atoms with van der Waals surface area (Å²) in [5.41, 5.74) is 0.0926. The van der Waals surface area contributed by atoms with Crippen molar-refractivity contribution < 1.29 is 31.8 Å². The number of carbonyl (C=O) groups excluding carboxylic acids is 1. The Hall–Kier alpha value is -3.60. The molecule has 1 fully saturated rings. The predicted molar refractivity (Wildman–Crippen MR) is 114 cm³/mol. The van der Waals surface area contributed by atoms with Crippen molar-refractivity contribution in [2.75, 3.05) is 18.5 Å². The lowest BCUT2D eigenvalue weighted by Crippen LogP contribution is -2.31. The Labute approximate surface area is 192 Å². The fraction of sp³-hybridized carbons (Fsp3) is 0.304. The normalized spacial score (nSPS) is 17.3. The number of pyridine rings is 3. The summed E-state index contributed by atoms with van der Waals surface area (Å²) in [7, 11) is 0. The molecule has 1 amide bonds. The quantitative estimate of drug-likeness (QED) is 0.507. The second-order valence-electron chi connectivity index (χ2n) is 7.54. The largest absolute Gasteiger partial charge is 0.476 e. The Balaban J connectivity index is 1.74. The third kappa shape index (κ3) is 4.98. The number of carbonyl (C=O) groups is 1. The number of hydrogen-bond acceptors (Lipinski definition) is 6. The van der Waals surface area contributed by atoms with Gasteiger partial charge in [-0.15, -0.1) is 0 Å². The van der Waals surface area contributed by atoms with Crippen molar-refractivity contribution in [3.63, 3.8) is 0 Å². The van der Waals surface area contributed by atoms with E-state index in [1.54, 1.807) is 6.92 Å². The van der Waals surface area contributed by atoms with E-state index < -0.39 is 42.6 Å². The van der Waals surface area contributed by atoms with Gasteiger partial charge >= 0.3 is 0 Å². The van der Waals surface area contributed by atoms with Crippen LogP contribution in [0.4, 0.5) is 23.2 Å². The number of amides is 1. The van der Waals surface area contributed by atoms with Crippen molar-refractivity contribution >= 4 is 11.6 Å². The zero-order chi connectivity index (χ0) is 24.3. The summed E-state index contributed by atoms with van der Waals surface area (Å²) in [6.45, 7) is 1.03. The third-order valence-electron chi connectivity index (χ3n) is 5.16. The van der Waals surface area contributed by atoms with Crippen LogP contribution in [0.25, 0.3) is 11.3 Å². The first kappa shape index (κ1) is 23.6. The Bertz CT molecular complexity index is 1200. The van der Waals surface area contributed by atoms with Gasteiger partial charge in [0.15, 0.2) is 5.82 Å². The van der Waals surface area contributed by atoms with Gasteiger partial charge in [-0.3, -0.25) is 14.8 Å². The number of anilines is 1. The van der Waals surface area contributed by atoms with Crippen LogP contribution in [-0.2, 0) is 4.74 Å². The molecular weight excluding hydrogens is 456 g/mol. The van der Waals surface area contributed by atoms with Crippen molar-refractivity contribution in [1.29, 1.82) is 0 Å². The van der Waals surface area contributed by atoms with E-state index in [1.807, 2.05) is 0 Å². The monoisotopic (exact) mass is 476 g/mol. The van der Waals surface area contributed by atoms with E-state index in [9.17, 15) is 22.4 Å². The fourth-order valence-electron chi connectivity index (χ4n) is 3.55. The van der Waals surface area contributed by atoms with Crippen LogP contribution in [-0.4, -0.2) is 40.0 Å². The summed E-state index contributed by atoms with van der Waals surface area (Å²) >= 11 is 0. The molecule has 0 saturated carbocycles. The molecule has 0 bridgehead atoms. The number of nitrogens with zero attached hydrogens (tertiary/aromatic N) is 3. The highest BCUT2D eigenvalue weighted by Crippen LogP contribution is 2.40. The van der Waals surface area contributed by atoms with Crippen molar-refractivity contribution in [2.24, 2.45) is 0 Å². The molecule has 0 unspecified atom stereocenters. The molecule has 1 saturated heterocycles. The van der Waals surface area contributed by atoms with E-state index in [0.717, 1.165) is 12.3 Å². The molecule has 1 N–H and O–H groups in total. The van der Waals surface area contributed by atoms with Crippen LogP contribution in [0.15, 0.2) is 42.9 Å². The van der Waals surface area contributed by atoms with Crippen molar-refractivity contribution in [3.05, 3.63) is 65.7 Å². The molecular formula is C23H20F4N4O3. The van der Waals surface area contributed by atoms with E-state index in [-0.39, 0.29) is 47.1 Å². The average molecular weight is 476 g/mol. The number of halogens is 4. The summed E-state index contributed by atoms with van der Waals surface area (Å²) in [5.74, 6) is -5.51. The molecule has 34 heavy (non-hydrogen) atoms. The maximum absolute atomic E-state index is 14.6. The lowest BCUT2D eigenvalue weighted by atomic mass is 9.99. The standard InChI is InChI=1S/C23H20F4N4O3/c1-2-33-22-16(25)10-13(11-30-22)21(32)31-19-14(18-15(24)4-3-8-28-18)6-9-29-20(19)17-5-7-23(26,27)12-34-17/h3-4,6,8-11,17H,2,5,7,12H2,1H3,(H,31,32)/t17-/m1/s1. The van der Waals surface area contributed by atoms with E-state index in [0.29, 0.717) is 0 Å². The van der Waals surface area contributed by atoms with Gasteiger partial charge in [-0.1, -0.05) is 0 Å². The summed E-state index contributed by atoms with van der Waals surface area (Å²) in [4.78, 5) is 25.0. The zero-order valence-corrected chi connectivity index (χ0v) is 18.0. The average Bonchev–Trinajstić information content (AvgIpc) is 2.81. The Morgan fingerprint density at radius 2 is 2.03 bits per heavy atom. The van der Waals surface area contributed by atoms with Crippen molar-refractivity contribution in [1.82, 2.24) is 15.0 Å². The van der Waals surface area contributed by atoms with Crippen molar-refractivity contribution in [3.8, 4) is 17.1 Å². The summed E-state index contributed by atoms with van der Waals surface area (Å²) in [6.07, 6.45) is 2.45. The summed E-state index contributed by atoms with van der Waals surface area (Å²) < 4.78 is 66.4. The first-order valence-electron chi connectivity index (χ1n) is 10.5. The lowest BCUT2D eigenvalue weighted by molar-refractivity contribution is -0.146. The number of nitrogens with one attached hydrogen (secondary N) is 1. The first-order valence-corrected chi connectivity index (χ1v) is 10.5. The van der Waals surface area contributed by atoms with Crippen LogP contribution >= 0.6 is 0 Å². The number of hydrogen-bond donors (Lipinski definition) is 1. The van der Waals surface area contributed by atoms with Gasteiger partial charge in [0, 0.05) is 30.6 Å². The highest BCUT2D eigenvalue weighted by atomic mass is 19.3. The summed E-state index contributed by atoms with van der Waals surface area (Å²) in [5, 5.41) is 2.59. The molecule has 1 atom stereocenters. The molecule has 1 aliphatic rings. The van der Waals surface area contributed by atoms with Gasteiger partial charge in [-0.2, -0.15) is 0 Å². The van der Waals surface area contributed by atoms with Crippen LogP contribution in [0.2, 0.25) is 0 Å². The Morgan fingerprint density at radius 3 is 2.71 bits per heavy atom. The van der Waals surface area contributed by atoms with Crippen LogP contribution < -0.4 is 10.1 Å². The maximum atomic E-state index is 14.6. The van der Waals surface area contributed by atoms with Crippen LogP contribution in [0.3, 0.4) is 0 Å². The molecule has 0 aromatic carbocycles. The van der Waals surface area contributed by atoms with E-state index in [4.69, 9.17) is 9.47 Å². The molecule has 3 aromatic rings. The number of aromatic nitrogens is 3. The third-order valence-corrected chi connectivity index (χ3v) is 5.16. The van der Waals surface area contributed by atoms with Gasteiger partial charge in [0.25, 0.3) is 11.8 Å². The predicted octanol–water partition coefficient (Wildman–Crippen LogP) is 4.95. The molecule has 0 aliphatic carbocycles. The molecule has 0 spiro atoms. The molecule has 11 heteroatoms. The van der Waals surface area contributed by atoms with Gasteiger partial charge in [0.2, 0.25) is 5.88 Å². The van der Waals surface area contributed by atoms with Gasteiger partial charge in [0.1, 0.15) is 24.2 Å². The molecule has 3 aromatic heterocycles. The molecule has 0 radical (unpaired) electrons. The minimum Gasteiger partial charge on any atom is -0.476 e. The van der Waals surface area contributed by atoms with E-state index in [2.05, 4.69) is 20.3 Å². The Kier molecular flexibility index (Phi) is 6.73. The van der Waals surface area contributed by atoms with Crippen LogP contribution in [0, 0.1) is 11.6 Å². The second-order valence-corrected chi connectivity index (χ2v) is 7.54. The van der Waals surface area contributed by atoms with Gasteiger partial charge in [-0.25, -0.2) is 22.5 Å². The zero-order valence-electron chi connectivity index (χ0n) is 18.0. The first-order chi connectivity index (χ1) is 16.3. The SMILES string of the molecule is CCOc1ncc(C(=O)Nc2c(-c3ncccc3F)ccnc2[C@H]2CCC(F)(F)CO2)cc1F. The number of alkyl halides is 2. The minimum absolute atomic E-state index is 0.0228. The number of ether oxygens (including phenoxy) is 2.